The number of benzene rings is 2. The van der Waals surface area contributed by atoms with E-state index in [0.29, 0.717) is 16.7 Å². The minimum absolute atomic E-state index is 0.00455. The van der Waals surface area contributed by atoms with Gasteiger partial charge in [-0.3, -0.25) is 4.79 Å². The molecule has 9 nitrogen and oxygen atoms in total. The van der Waals surface area contributed by atoms with Gasteiger partial charge >= 0.3 is 12.3 Å². The van der Waals surface area contributed by atoms with E-state index in [1.54, 1.807) is 31.2 Å². The SMILES string of the molecule is CCOC(=O)N1CCC(C#N)(NC(=O)[C@@H]2C[C@@H](S(=O)(=O)c3ccccc3C(F)(F)F)C[C@H]2OCc2ccc(Cl)cc2)CC1. The summed E-state index contributed by atoms with van der Waals surface area (Å²) in [6, 6.07) is 12.7. The van der Waals surface area contributed by atoms with Gasteiger partial charge in [0.15, 0.2) is 9.84 Å². The van der Waals surface area contributed by atoms with Crippen molar-refractivity contribution in [2.24, 2.45) is 5.92 Å². The summed E-state index contributed by atoms with van der Waals surface area (Å²) in [5.74, 6) is -1.72. The zero-order chi connectivity index (χ0) is 31.4. The fraction of sp³-hybridized carbons (Fsp3) is 0.483. The van der Waals surface area contributed by atoms with Crippen molar-refractivity contribution in [1.29, 1.82) is 5.26 Å². The predicted octanol–water partition coefficient (Wildman–Crippen LogP) is 5.13. The predicted molar refractivity (Wildman–Crippen MR) is 149 cm³/mol. The first-order valence-electron chi connectivity index (χ1n) is 13.7. The quantitative estimate of drug-likeness (QED) is 0.424. The number of alkyl halides is 3. The molecule has 232 valence electrons. The van der Waals surface area contributed by atoms with Gasteiger partial charge in [0.05, 0.1) is 47.0 Å². The van der Waals surface area contributed by atoms with Crippen molar-refractivity contribution >= 4 is 33.4 Å². The third-order valence-corrected chi connectivity index (χ3v) is 10.3. The second-order valence-corrected chi connectivity index (χ2v) is 13.2. The van der Waals surface area contributed by atoms with E-state index in [1.165, 1.54) is 11.0 Å². The number of ether oxygens (including phenoxy) is 2. The Labute approximate surface area is 252 Å². The van der Waals surface area contributed by atoms with Crippen molar-refractivity contribution in [1.82, 2.24) is 10.2 Å². The number of carbonyl (C=O) groups excluding carboxylic acids is 2. The van der Waals surface area contributed by atoms with Crippen molar-refractivity contribution in [3.05, 3.63) is 64.7 Å². The summed E-state index contributed by atoms with van der Waals surface area (Å²) in [5, 5.41) is 11.9. The van der Waals surface area contributed by atoms with Crippen LogP contribution in [0.4, 0.5) is 18.0 Å². The van der Waals surface area contributed by atoms with Crippen molar-refractivity contribution in [3.63, 3.8) is 0 Å². The zero-order valence-electron chi connectivity index (χ0n) is 23.3. The first-order valence-corrected chi connectivity index (χ1v) is 15.6. The Bertz CT molecular complexity index is 1470. The lowest BCUT2D eigenvalue weighted by atomic mass is 9.88. The first kappa shape index (κ1) is 32.6. The van der Waals surface area contributed by atoms with Gasteiger partial charge in [-0.1, -0.05) is 35.9 Å². The summed E-state index contributed by atoms with van der Waals surface area (Å²) in [6.07, 6.45) is -6.71. The summed E-state index contributed by atoms with van der Waals surface area (Å²) in [4.78, 5) is 26.3. The van der Waals surface area contributed by atoms with Crippen LogP contribution in [0.25, 0.3) is 0 Å². The lowest BCUT2D eigenvalue weighted by molar-refractivity contribution is -0.140. The number of nitriles is 1. The number of carbonyl (C=O) groups is 2. The van der Waals surface area contributed by atoms with Gasteiger partial charge in [-0.15, -0.1) is 0 Å². The molecule has 2 amide bonds. The largest absolute Gasteiger partial charge is 0.450 e. The Morgan fingerprint density at radius 2 is 1.77 bits per heavy atom. The maximum Gasteiger partial charge on any atom is 0.417 e. The third kappa shape index (κ3) is 7.42. The summed E-state index contributed by atoms with van der Waals surface area (Å²) in [7, 11) is -4.54. The standard InChI is InChI=1S/C29H31ClF3N3O6S/c1-2-41-27(38)36-13-11-28(18-34,12-14-36)35-26(37)22-15-21(16-24(22)42-17-19-7-9-20(30)10-8-19)43(39,40)25-6-4-3-5-23(25)29(31,32)33/h3-10,21-22,24H,2,11-17H2,1H3,(H,35,37)/t21-,22-,24-/m1/s1. The summed E-state index contributed by atoms with van der Waals surface area (Å²) >= 11 is 5.94. The van der Waals surface area contributed by atoms with Crippen LogP contribution in [0, 0.1) is 17.2 Å². The zero-order valence-corrected chi connectivity index (χ0v) is 24.8. The minimum Gasteiger partial charge on any atom is -0.450 e. The molecule has 2 aliphatic rings. The van der Waals surface area contributed by atoms with Crippen LogP contribution >= 0.6 is 11.6 Å². The number of halogens is 4. The molecule has 4 rings (SSSR count). The molecular formula is C29H31ClF3N3O6S. The van der Waals surface area contributed by atoms with Gasteiger partial charge in [-0.25, -0.2) is 13.2 Å². The fourth-order valence-corrected chi connectivity index (χ4v) is 7.61. The molecule has 2 aromatic rings. The number of nitrogens with one attached hydrogen (secondary N) is 1. The summed E-state index contributed by atoms with van der Waals surface area (Å²) < 4.78 is 79.3. The molecule has 43 heavy (non-hydrogen) atoms. The van der Waals surface area contributed by atoms with E-state index in [4.69, 9.17) is 21.1 Å². The van der Waals surface area contributed by atoms with Crippen LogP contribution in [0.15, 0.2) is 53.4 Å². The second kappa shape index (κ2) is 13.1. The Morgan fingerprint density at radius 1 is 1.12 bits per heavy atom. The van der Waals surface area contributed by atoms with Gasteiger partial charge in [-0.2, -0.15) is 18.4 Å². The van der Waals surface area contributed by atoms with Crippen molar-refractivity contribution in [2.75, 3.05) is 19.7 Å². The molecule has 0 aromatic heterocycles. The molecular weight excluding hydrogens is 611 g/mol. The highest BCUT2D eigenvalue weighted by atomic mass is 35.5. The number of amides is 2. The Balaban J connectivity index is 1.57. The van der Waals surface area contributed by atoms with Gasteiger partial charge in [0.1, 0.15) is 5.54 Å². The van der Waals surface area contributed by atoms with Crippen LogP contribution < -0.4 is 5.32 Å². The number of piperidine rings is 1. The molecule has 1 aliphatic heterocycles. The van der Waals surface area contributed by atoms with Crippen LogP contribution in [0.5, 0.6) is 0 Å². The van der Waals surface area contributed by atoms with E-state index in [2.05, 4.69) is 11.4 Å². The lowest BCUT2D eigenvalue weighted by Gasteiger charge is -2.38. The van der Waals surface area contributed by atoms with Crippen LogP contribution in [0.2, 0.25) is 5.02 Å². The Kier molecular flexibility index (Phi) is 9.93. The van der Waals surface area contributed by atoms with Crippen LogP contribution in [-0.4, -0.2) is 61.9 Å². The van der Waals surface area contributed by atoms with Gasteiger partial charge in [0.25, 0.3) is 0 Å². The van der Waals surface area contributed by atoms with Crippen molar-refractivity contribution < 1.29 is 40.7 Å². The van der Waals surface area contributed by atoms with E-state index in [-0.39, 0.29) is 52.0 Å². The molecule has 1 aliphatic carbocycles. The van der Waals surface area contributed by atoms with Gasteiger partial charge in [0, 0.05) is 31.0 Å². The van der Waals surface area contributed by atoms with Gasteiger partial charge < -0.3 is 19.7 Å². The molecule has 2 fully saturated rings. The van der Waals surface area contributed by atoms with Gasteiger partial charge in [-0.05, 0) is 49.6 Å². The molecule has 1 heterocycles. The maximum atomic E-state index is 13.7. The Morgan fingerprint density at radius 3 is 2.37 bits per heavy atom. The monoisotopic (exact) mass is 641 g/mol. The molecule has 0 bridgehead atoms. The molecule has 14 heteroatoms. The van der Waals surface area contributed by atoms with Crippen LogP contribution in [0.1, 0.15) is 43.7 Å². The topological polar surface area (TPSA) is 126 Å². The highest BCUT2D eigenvalue weighted by molar-refractivity contribution is 7.92. The molecule has 0 radical (unpaired) electrons. The lowest BCUT2D eigenvalue weighted by Crippen LogP contribution is -2.57. The fourth-order valence-electron chi connectivity index (χ4n) is 5.46. The van der Waals surface area contributed by atoms with Crippen molar-refractivity contribution in [2.45, 2.75) is 67.2 Å². The summed E-state index contributed by atoms with van der Waals surface area (Å²) in [5.41, 5.74) is -1.92. The second-order valence-electron chi connectivity index (χ2n) is 10.6. The molecule has 1 N–H and O–H groups in total. The molecule has 2 aromatic carbocycles. The number of rotatable bonds is 8. The van der Waals surface area contributed by atoms with Crippen LogP contribution in [0.3, 0.4) is 0 Å². The van der Waals surface area contributed by atoms with Gasteiger partial charge in [0.2, 0.25) is 5.91 Å². The number of nitrogens with zero attached hydrogens (tertiary/aromatic N) is 2. The van der Waals surface area contributed by atoms with Crippen molar-refractivity contribution in [3.8, 4) is 6.07 Å². The molecule has 0 unspecified atom stereocenters. The normalized spacial score (nSPS) is 22.0. The smallest absolute Gasteiger partial charge is 0.417 e. The number of likely N-dealkylation sites (tertiary alicyclic amines) is 1. The number of hydrogen-bond donors (Lipinski definition) is 1. The third-order valence-electron chi connectivity index (χ3n) is 7.83. The maximum absolute atomic E-state index is 13.7. The number of hydrogen-bond acceptors (Lipinski definition) is 7. The average molecular weight is 642 g/mol. The van der Waals surface area contributed by atoms with Crippen LogP contribution in [-0.2, 0) is 36.9 Å². The molecule has 3 atom stereocenters. The minimum atomic E-state index is -4.90. The highest BCUT2D eigenvalue weighted by Gasteiger charge is 2.49. The first-order chi connectivity index (χ1) is 20.3. The number of sulfone groups is 1. The van der Waals surface area contributed by atoms with E-state index < -0.39 is 61.3 Å². The molecule has 0 spiro atoms. The highest BCUT2D eigenvalue weighted by Crippen LogP contribution is 2.41. The molecule has 1 saturated carbocycles. The van der Waals surface area contributed by atoms with E-state index in [9.17, 15) is 36.4 Å². The Hall–Kier alpha value is -3.34. The summed E-state index contributed by atoms with van der Waals surface area (Å²) in [6.45, 7) is 2.16. The average Bonchev–Trinajstić information content (AvgIpc) is 3.42. The van der Waals surface area contributed by atoms with E-state index in [0.717, 1.165) is 12.1 Å². The molecule has 1 saturated heterocycles. The van der Waals surface area contributed by atoms with E-state index in [1.807, 2.05) is 0 Å². The van der Waals surface area contributed by atoms with E-state index >= 15 is 0 Å².